The lowest BCUT2D eigenvalue weighted by Crippen LogP contribution is -2.20. The molecule has 2 rings (SSSR count). The number of benzene rings is 1. The maximum absolute atomic E-state index is 11.8. The van der Waals surface area contributed by atoms with Gasteiger partial charge in [0.1, 0.15) is 0 Å². The molecule has 0 unspecified atom stereocenters. The number of aliphatic hydroxyl groups excluding tert-OH is 1. The van der Waals surface area contributed by atoms with Crippen LogP contribution in [0.5, 0.6) is 0 Å². The maximum atomic E-state index is 11.8. The summed E-state index contributed by atoms with van der Waals surface area (Å²) in [7, 11) is 0. The highest BCUT2D eigenvalue weighted by Gasteiger charge is 2.23. The minimum atomic E-state index is -0.146. The Hall–Kier alpha value is -1.85. The van der Waals surface area contributed by atoms with E-state index in [0.29, 0.717) is 16.6 Å². The second-order valence-electron chi connectivity index (χ2n) is 4.27. The number of nitrogens with zero attached hydrogens (tertiary/aromatic N) is 1. The molecule has 1 aliphatic rings. The molecule has 20 heavy (non-hydrogen) atoms. The number of thioether (sulfide) groups is 1. The number of allylic oxidation sites excluding steroid dienone is 2. The second-order valence-corrected chi connectivity index (χ2v) is 5.30. The molecule has 1 saturated heterocycles. The number of aliphatic hydroxyl groups is 1. The molecule has 1 heterocycles. The Morgan fingerprint density at radius 1 is 1.40 bits per heavy atom. The predicted molar refractivity (Wildman–Crippen MR) is 83.3 cm³/mol. The van der Waals surface area contributed by atoms with E-state index in [1.54, 1.807) is 0 Å². The van der Waals surface area contributed by atoms with Crippen molar-refractivity contribution in [3.8, 4) is 0 Å². The fourth-order valence-electron chi connectivity index (χ4n) is 1.71. The van der Waals surface area contributed by atoms with Crippen LogP contribution in [0.1, 0.15) is 12.5 Å². The number of rotatable bonds is 4. The van der Waals surface area contributed by atoms with Gasteiger partial charge in [-0.05, 0) is 35.9 Å². The Morgan fingerprint density at radius 3 is 2.85 bits per heavy atom. The molecule has 0 spiro atoms. The van der Waals surface area contributed by atoms with Crippen LogP contribution in [-0.2, 0) is 4.79 Å². The minimum absolute atomic E-state index is 0.0219. The first kappa shape index (κ1) is 14.6. The summed E-state index contributed by atoms with van der Waals surface area (Å²) in [6.45, 7) is 2.23. The average molecular weight is 288 g/mol. The van der Waals surface area contributed by atoms with Gasteiger partial charge in [0.2, 0.25) is 0 Å². The molecule has 1 aromatic rings. The smallest absolute Gasteiger partial charge is 0.264 e. The van der Waals surface area contributed by atoms with Crippen LogP contribution in [0.15, 0.2) is 51.9 Å². The van der Waals surface area contributed by atoms with Crippen LogP contribution in [-0.4, -0.2) is 29.3 Å². The minimum Gasteiger partial charge on any atom is -0.394 e. The van der Waals surface area contributed by atoms with Crippen molar-refractivity contribution in [1.82, 2.24) is 5.32 Å². The predicted octanol–water partition coefficient (Wildman–Crippen LogP) is 2.19. The summed E-state index contributed by atoms with van der Waals surface area (Å²) in [5.74, 6) is -0.146. The topological polar surface area (TPSA) is 61.7 Å². The molecule has 1 amide bonds. The second kappa shape index (κ2) is 7.07. The van der Waals surface area contributed by atoms with E-state index in [1.165, 1.54) is 11.8 Å². The lowest BCUT2D eigenvalue weighted by Gasteiger charge is -1.96. The van der Waals surface area contributed by atoms with Crippen LogP contribution in [0, 0.1) is 0 Å². The summed E-state index contributed by atoms with van der Waals surface area (Å²) in [6, 6.07) is 9.94. The zero-order valence-electron chi connectivity index (χ0n) is 11.2. The molecular formula is C15H16N2O2S. The SMILES string of the molecule is CC(=C/c1ccccc1)/C=C1\SC(=NCCO)NC1=O. The third-order valence-electron chi connectivity index (χ3n) is 2.56. The molecule has 1 aliphatic heterocycles. The Bertz CT molecular complexity index is 577. The molecule has 4 nitrogen and oxygen atoms in total. The van der Waals surface area contributed by atoms with E-state index < -0.39 is 0 Å². The molecule has 0 atom stereocenters. The van der Waals surface area contributed by atoms with E-state index >= 15 is 0 Å². The molecule has 0 aliphatic carbocycles. The van der Waals surface area contributed by atoms with Crippen molar-refractivity contribution >= 4 is 28.9 Å². The van der Waals surface area contributed by atoms with Crippen molar-refractivity contribution in [2.75, 3.05) is 13.2 Å². The fraction of sp³-hybridized carbons (Fsp3) is 0.200. The standard InChI is InChI=1S/C15H16N2O2S/c1-11(9-12-5-3-2-4-6-12)10-13-14(19)17-15(20-13)16-7-8-18/h2-6,9-10,18H,7-8H2,1H3,(H,16,17,19)/b11-9-,13-10-. The quantitative estimate of drug-likeness (QED) is 0.835. The highest BCUT2D eigenvalue weighted by atomic mass is 32.2. The molecule has 0 radical (unpaired) electrons. The lowest BCUT2D eigenvalue weighted by atomic mass is 10.1. The van der Waals surface area contributed by atoms with Gasteiger partial charge in [-0.1, -0.05) is 36.4 Å². The normalized spacial score (nSPS) is 19.7. The first-order valence-corrected chi connectivity index (χ1v) is 7.10. The number of hydrogen-bond acceptors (Lipinski definition) is 4. The summed E-state index contributed by atoms with van der Waals surface area (Å²) in [5.41, 5.74) is 2.09. The van der Waals surface area contributed by atoms with Gasteiger partial charge in [-0.25, -0.2) is 0 Å². The van der Waals surface area contributed by atoms with Gasteiger partial charge in [0.15, 0.2) is 5.17 Å². The maximum Gasteiger partial charge on any atom is 0.264 e. The number of carbonyl (C=O) groups excluding carboxylic acids is 1. The van der Waals surface area contributed by atoms with Crippen molar-refractivity contribution in [2.45, 2.75) is 6.92 Å². The van der Waals surface area contributed by atoms with Gasteiger partial charge in [-0.15, -0.1) is 0 Å². The van der Waals surface area contributed by atoms with Crippen LogP contribution >= 0.6 is 11.8 Å². The monoisotopic (exact) mass is 288 g/mol. The van der Waals surface area contributed by atoms with E-state index in [-0.39, 0.29) is 12.5 Å². The molecular weight excluding hydrogens is 272 g/mol. The van der Waals surface area contributed by atoms with Crippen LogP contribution in [0.25, 0.3) is 6.08 Å². The number of amides is 1. The molecule has 1 aromatic carbocycles. The molecule has 1 fully saturated rings. The summed E-state index contributed by atoms with van der Waals surface area (Å²) in [4.78, 5) is 16.5. The summed E-state index contributed by atoms with van der Waals surface area (Å²) in [5, 5.41) is 11.9. The van der Waals surface area contributed by atoms with Gasteiger partial charge in [-0.3, -0.25) is 9.79 Å². The average Bonchev–Trinajstić information content (AvgIpc) is 2.78. The summed E-state index contributed by atoms with van der Waals surface area (Å²) >= 11 is 1.30. The molecule has 0 aromatic heterocycles. The third kappa shape index (κ3) is 4.08. The first-order chi connectivity index (χ1) is 9.69. The van der Waals surface area contributed by atoms with Crippen molar-refractivity contribution < 1.29 is 9.90 Å². The number of aliphatic imine (C=N–C) groups is 1. The van der Waals surface area contributed by atoms with Gasteiger partial charge in [0, 0.05) is 0 Å². The number of nitrogens with one attached hydrogen (secondary N) is 1. The summed E-state index contributed by atoms with van der Waals surface area (Å²) < 4.78 is 0. The number of carbonyl (C=O) groups is 1. The van der Waals surface area contributed by atoms with Crippen molar-refractivity contribution in [3.63, 3.8) is 0 Å². The number of hydrogen-bond donors (Lipinski definition) is 2. The Balaban J connectivity index is 2.11. The molecule has 0 saturated carbocycles. The van der Waals surface area contributed by atoms with Gasteiger partial charge < -0.3 is 10.4 Å². The van der Waals surface area contributed by atoms with E-state index in [1.807, 2.05) is 49.4 Å². The van der Waals surface area contributed by atoms with Crippen LogP contribution in [0.3, 0.4) is 0 Å². The van der Waals surface area contributed by atoms with Crippen LogP contribution < -0.4 is 5.32 Å². The van der Waals surface area contributed by atoms with Gasteiger partial charge in [0.25, 0.3) is 5.91 Å². The first-order valence-electron chi connectivity index (χ1n) is 6.28. The van der Waals surface area contributed by atoms with E-state index in [9.17, 15) is 4.79 Å². The number of amidine groups is 1. The van der Waals surface area contributed by atoms with Gasteiger partial charge in [-0.2, -0.15) is 0 Å². The Morgan fingerprint density at radius 2 is 2.15 bits per heavy atom. The lowest BCUT2D eigenvalue weighted by molar-refractivity contribution is -0.115. The van der Waals surface area contributed by atoms with E-state index in [2.05, 4.69) is 10.3 Å². The highest BCUT2D eigenvalue weighted by Crippen LogP contribution is 2.25. The largest absolute Gasteiger partial charge is 0.394 e. The van der Waals surface area contributed by atoms with Crippen molar-refractivity contribution in [1.29, 1.82) is 0 Å². The third-order valence-corrected chi connectivity index (χ3v) is 3.51. The van der Waals surface area contributed by atoms with Gasteiger partial charge in [0.05, 0.1) is 18.1 Å². The van der Waals surface area contributed by atoms with Crippen molar-refractivity contribution in [3.05, 3.63) is 52.4 Å². The van der Waals surface area contributed by atoms with Crippen LogP contribution in [0.2, 0.25) is 0 Å². The molecule has 5 heteroatoms. The zero-order chi connectivity index (χ0) is 14.4. The zero-order valence-corrected chi connectivity index (χ0v) is 12.0. The van der Waals surface area contributed by atoms with Crippen molar-refractivity contribution in [2.24, 2.45) is 4.99 Å². The molecule has 0 bridgehead atoms. The van der Waals surface area contributed by atoms with Crippen LogP contribution in [0.4, 0.5) is 0 Å². The Kier molecular flexibility index (Phi) is 5.15. The Labute approximate surface area is 122 Å². The molecule has 2 N–H and O–H groups in total. The van der Waals surface area contributed by atoms with E-state index in [0.717, 1.165) is 11.1 Å². The highest BCUT2D eigenvalue weighted by molar-refractivity contribution is 8.18. The fourth-order valence-corrected chi connectivity index (χ4v) is 2.61. The molecule has 104 valence electrons. The summed E-state index contributed by atoms with van der Waals surface area (Å²) in [6.07, 6.45) is 3.86. The van der Waals surface area contributed by atoms with E-state index in [4.69, 9.17) is 5.11 Å². The van der Waals surface area contributed by atoms with Gasteiger partial charge >= 0.3 is 0 Å².